The highest BCUT2D eigenvalue weighted by Crippen LogP contribution is 2.17. The number of amides is 2. The summed E-state index contributed by atoms with van der Waals surface area (Å²) in [5, 5.41) is 5.13. The number of hydrogen-bond acceptors (Lipinski definition) is 11. The monoisotopic (exact) mass is 600 g/mol. The Morgan fingerprint density at radius 2 is 1.02 bits per heavy atom. The number of anilines is 2. The SMILES string of the molecule is CCC(=O)OCC(=O)Nc1ccc(OC(=O)CCCCCOCC(=O)Oc2ccc(NC(=O)COC(=O)CC)cc2)cc1. The average molecular weight is 601 g/mol. The minimum Gasteiger partial charge on any atom is -0.456 e. The van der Waals surface area contributed by atoms with Gasteiger partial charge in [-0.3, -0.25) is 24.0 Å². The van der Waals surface area contributed by atoms with Gasteiger partial charge in [-0.1, -0.05) is 20.3 Å². The van der Waals surface area contributed by atoms with Crippen molar-refractivity contribution in [3.8, 4) is 11.5 Å². The van der Waals surface area contributed by atoms with Gasteiger partial charge in [0.1, 0.15) is 18.1 Å². The van der Waals surface area contributed by atoms with Gasteiger partial charge in [0.05, 0.1) is 0 Å². The fourth-order valence-electron chi connectivity index (χ4n) is 3.25. The lowest BCUT2D eigenvalue weighted by Crippen LogP contribution is -2.20. The number of esters is 4. The van der Waals surface area contributed by atoms with E-state index in [2.05, 4.69) is 10.6 Å². The largest absolute Gasteiger partial charge is 0.456 e. The van der Waals surface area contributed by atoms with Crippen LogP contribution in [-0.4, -0.2) is 62.1 Å². The van der Waals surface area contributed by atoms with Crippen molar-refractivity contribution in [2.45, 2.75) is 52.4 Å². The summed E-state index contributed by atoms with van der Waals surface area (Å²) < 4.78 is 25.3. The van der Waals surface area contributed by atoms with E-state index in [9.17, 15) is 28.8 Å². The van der Waals surface area contributed by atoms with E-state index >= 15 is 0 Å². The van der Waals surface area contributed by atoms with Crippen molar-refractivity contribution in [2.24, 2.45) is 0 Å². The molecule has 0 bridgehead atoms. The number of rotatable bonds is 18. The third kappa shape index (κ3) is 15.1. The highest BCUT2D eigenvalue weighted by atomic mass is 16.6. The normalized spacial score (nSPS) is 10.3. The van der Waals surface area contributed by atoms with E-state index in [-0.39, 0.29) is 44.8 Å². The quantitative estimate of drug-likeness (QED) is 0.146. The highest BCUT2D eigenvalue weighted by molar-refractivity contribution is 5.93. The number of unbranched alkanes of at least 4 members (excludes halogenated alkanes) is 2. The fourth-order valence-corrected chi connectivity index (χ4v) is 3.25. The fraction of sp³-hybridized carbons (Fsp3) is 0.400. The van der Waals surface area contributed by atoms with Crippen LogP contribution in [0.15, 0.2) is 48.5 Å². The molecule has 0 unspecified atom stereocenters. The van der Waals surface area contributed by atoms with Crippen molar-refractivity contribution >= 4 is 47.1 Å². The molecule has 2 aromatic carbocycles. The molecule has 2 rings (SSSR count). The molecular formula is C30H36N2O11. The molecule has 43 heavy (non-hydrogen) atoms. The average Bonchev–Trinajstić information content (AvgIpc) is 3.00. The van der Waals surface area contributed by atoms with Gasteiger partial charge in [0.15, 0.2) is 13.2 Å². The maximum absolute atomic E-state index is 12.1. The Hall–Kier alpha value is -4.78. The van der Waals surface area contributed by atoms with Gasteiger partial charge in [0, 0.05) is 37.2 Å². The smallest absolute Gasteiger partial charge is 0.337 e. The lowest BCUT2D eigenvalue weighted by Gasteiger charge is -2.08. The third-order valence-electron chi connectivity index (χ3n) is 5.43. The van der Waals surface area contributed by atoms with Gasteiger partial charge in [-0.2, -0.15) is 0 Å². The molecule has 0 aliphatic carbocycles. The van der Waals surface area contributed by atoms with Gasteiger partial charge in [-0.05, 0) is 61.4 Å². The van der Waals surface area contributed by atoms with E-state index in [0.717, 1.165) is 0 Å². The number of carbonyl (C=O) groups is 6. The number of hydrogen-bond donors (Lipinski definition) is 2. The topological polar surface area (TPSA) is 173 Å². The second kappa shape index (κ2) is 19.4. The van der Waals surface area contributed by atoms with Crippen LogP contribution >= 0.6 is 0 Å². The van der Waals surface area contributed by atoms with Gasteiger partial charge >= 0.3 is 23.9 Å². The first kappa shape index (κ1) is 34.4. The number of carbonyl (C=O) groups excluding carboxylic acids is 6. The zero-order valence-electron chi connectivity index (χ0n) is 24.2. The van der Waals surface area contributed by atoms with Crippen molar-refractivity contribution in [1.82, 2.24) is 0 Å². The molecule has 232 valence electrons. The molecule has 2 aromatic rings. The number of benzene rings is 2. The van der Waals surface area contributed by atoms with Crippen molar-refractivity contribution < 1.29 is 52.5 Å². The van der Waals surface area contributed by atoms with E-state index in [1.54, 1.807) is 50.2 Å². The summed E-state index contributed by atoms with van der Waals surface area (Å²) in [7, 11) is 0. The Labute approximate surface area is 249 Å². The van der Waals surface area contributed by atoms with Crippen molar-refractivity contribution in [2.75, 3.05) is 37.1 Å². The van der Waals surface area contributed by atoms with Crippen LogP contribution in [0.4, 0.5) is 11.4 Å². The molecule has 0 saturated carbocycles. The molecule has 0 aliphatic heterocycles. The Morgan fingerprint density at radius 3 is 1.49 bits per heavy atom. The molecule has 0 saturated heterocycles. The summed E-state index contributed by atoms with van der Waals surface area (Å²) in [5.41, 5.74) is 0.916. The second-order valence-electron chi connectivity index (χ2n) is 8.98. The zero-order chi connectivity index (χ0) is 31.5. The predicted octanol–water partition coefficient (Wildman–Crippen LogP) is 3.56. The molecule has 0 heterocycles. The van der Waals surface area contributed by atoms with E-state index < -0.39 is 35.7 Å². The van der Waals surface area contributed by atoms with Crippen LogP contribution in [0.1, 0.15) is 52.4 Å². The lowest BCUT2D eigenvalue weighted by molar-refractivity contribution is -0.147. The Kier molecular flexibility index (Phi) is 15.5. The van der Waals surface area contributed by atoms with Gasteiger partial charge < -0.3 is 34.3 Å². The minimum atomic E-state index is -0.586. The molecule has 0 aliphatic rings. The van der Waals surface area contributed by atoms with Crippen LogP contribution < -0.4 is 20.1 Å². The molecule has 0 aromatic heterocycles. The van der Waals surface area contributed by atoms with Crippen molar-refractivity contribution in [1.29, 1.82) is 0 Å². The number of ether oxygens (including phenoxy) is 5. The second-order valence-corrected chi connectivity index (χ2v) is 8.98. The molecule has 13 heteroatoms. The molecule has 2 N–H and O–H groups in total. The zero-order valence-corrected chi connectivity index (χ0v) is 24.2. The van der Waals surface area contributed by atoms with Crippen LogP contribution in [-0.2, 0) is 43.0 Å². The van der Waals surface area contributed by atoms with Crippen LogP contribution in [0.3, 0.4) is 0 Å². The standard InChI is InChI=1S/C30H36N2O11/c1-3-27(35)40-18-25(33)31-21-9-13-23(14-10-21)42-29(37)8-6-5-7-17-39-20-30(38)43-24-15-11-22(12-16-24)32-26(34)19-41-28(36)4-2/h9-16H,3-8,17-20H2,1-2H3,(H,31,33)(H,32,34). The Morgan fingerprint density at radius 1 is 0.558 bits per heavy atom. The van der Waals surface area contributed by atoms with E-state index in [4.69, 9.17) is 23.7 Å². The first-order valence-corrected chi connectivity index (χ1v) is 13.8. The summed E-state index contributed by atoms with van der Waals surface area (Å²) in [6.07, 6.45) is 2.45. The predicted molar refractivity (Wildman–Crippen MR) is 153 cm³/mol. The first-order chi connectivity index (χ1) is 20.7. The van der Waals surface area contributed by atoms with Crippen LogP contribution in [0.5, 0.6) is 11.5 Å². The molecule has 0 atom stereocenters. The molecule has 13 nitrogen and oxygen atoms in total. The molecule has 0 fully saturated rings. The lowest BCUT2D eigenvalue weighted by atomic mass is 10.2. The third-order valence-corrected chi connectivity index (χ3v) is 5.43. The van der Waals surface area contributed by atoms with Gasteiger partial charge in [-0.25, -0.2) is 4.79 Å². The van der Waals surface area contributed by atoms with Gasteiger partial charge in [-0.15, -0.1) is 0 Å². The summed E-state index contributed by atoms with van der Waals surface area (Å²) in [6.45, 7) is 2.56. The van der Waals surface area contributed by atoms with E-state index in [1.165, 1.54) is 12.1 Å². The van der Waals surface area contributed by atoms with Gasteiger partial charge in [0.2, 0.25) is 0 Å². The highest BCUT2D eigenvalue weighted by Gasteiger charge is 2.10. The summed E-state index contributed by atoms with van der Waals surface area (Å²) >= 11 is 0. The summed E-state index contributed by atoms with van der Waals surface area (Å²) in [5.74, 6) is -2.28. The molecule has 2 amide bonds. The molecular weight excluding hydrogens is 564 g/mol. The Balaban J connectivity index is 1.54. The van der Waals surface area contributed by atoms with E-state index in [0.29, 0.717) is 43.0 Å². The maximum atomic E-state index is 12.1. The van der Waals surface area contributed by atoms with Crippen LogP contribution in [0, 0.1) is 0 Å². The van der Waals surface area contributed by atoms with Crippen LogP contribution in [0.25, 0.3) is 0 Å². The Bertz CT molecular complexity index is 1130. The van der Waals surface area contributed by atoms with E-state index in [1.807, 2.05) is 0 Å². The van der Waals surface area contributed by atoms with Crippen molar-refractivity contribution in [3.05, 3.63) is 48.5 Å². The van der Waals surface area contributed by atoms with Gasteiger partial charge in [0.25, 0.3) is 11.8 Å². The summed E-state index contributed by atoms with van der Waals surface area (Å²) in [4.78, 5) is 69.8. The summed E-state index contributed by atoms with van der Waals surface area (Å²) in [6, 6.07) is 12.3. The molecule has 0 radical (unpaired) electrons. The number of nitrogens with one attached hydrogen (secondary N) is 2. The molecule has 0 spiro atoms. The minimum absolute atomic E-state index is 0.180. The maximum Gasteiger partial charge on any atom is 0.337 e. The van der Waals surface area contributed by atoms with Crippen LogP contribution in [0.2, 0.25) is 0 Å². The first-order valence-electron chi connectivity index (χ1n) is 13.8. The van der Waals surface area contributed by atoms with Crippen molar-refractivity contribution in [3.63, 3.8) is 0 Å².